The van der Waals surface area contributed by atoms with E-state index in [1.165, 1.54) is 16.5 Å². The summed E-state index contributed by atoms with van der Waals surface area (Å²) in [7, 11) is 4.25. The average molecular weight is 246 g/mol. The zero-order chi connectivity index (χ0) is 13.7. The summed E-state index contributed by atoms with van der Waals surface area (Å²) in [6, 6.07) is 9.39. The Kier molecular flexibility index (Phi) is 5.42. The van der Waals surface area contributed by atoms with E-state index in [2.05, 4.69) is 67.9 Å². The molecule has 1 aromatic carbocycles. The molecule has 0 saturated carbocycles. The average Bonchev–Trinajstić information content (AvgIpc) is 2.74. The van der Waals surface area contributed by atoms with Gasteiger partial charge in [0, 0.05) is 24.3 Å². The van der Waals surface area contributed by atoms with E-state index in [1.54, 1.807) is 0 Å². The number of hydrogen-bond acceptors (Lipinski definition) is 1. The second-order valence-electron chi connectivity index (χ2n) is 4.84. The van der Waals surface area contributed by atoms with Crippen molar-refractivity contribution in [3.63, 3.8) is 0 Å². The number of nitrogens with zero attached hydrogens (tertiary/aromatic N) is 2. The standard InChI is InChI=1S/C14H20N2.C2H6/c1-11-5-6-14-13(9-11)7-8-16(14)10-12(2)15(3)4;1-2/h5-9,12H,10H2,1-4H3;1-2H3/t12-;/m1./s1. The van der Waals surface area contributed by atoms with Crippen LogP contribution in [0.5, 0.6) is 0 Å². The Bertz CT molecular complexity index is 483. The molecule has 0 aliphatic heterocycles. The molecule has 0 saturated heterocycles. The predicted octanol–water partition coefficient (Wildman–Crippen LogP) is 3.93. The molecular formula is C16H26N2. The summed E-state index contributed by atoms with van der Waals surface area (Å²) in [5.41, 5.74) is 2.66. The zero-order valence-electron chi connectivity index (χ0n) is 12.6. The molecule has 100 valence electrons. The van der Waals surface area contributed by atoms with Gasteiger partial charge in [0.1, 0.15) is 0 Å². The Morgan fingerprint density at radius 3 is 2.44 bits per heavy atom. The maximum atomic E-state index is 2.33. The highest BCUT2D eigenvalue weighted by Gasteiger charge is 2.07. The molecule has 0 radical (unpaired) electrons. The Hall–Kier alpha value is -1.28. The van der Waals surface area contributed by atoms with Crippen LogP contribution < -0.4 is 0 Å². The maximum Gasteiger partial charge on any atom is 0.0480 e. The summed E-state index contributed by atoms with van der Waals surface area (Å²) < 4.78 is 2.33. The van der Waals surface area contributed by atoms with E-state index in [-0.39, 0.29) is 0 Å². The highest BCUT2D eigenvalue weighted by Crippen LogP contribution is 2.18. The first-order chi connectivity index (χ1) is 8.58. The maximum absolute atomic E-state index is 2.33. The van der Waals surface area contributed by atoms with Gasteiger partial charge in [0.05, 0.1) is 0 Å². The Balaban J connectivity index is 0.000000771. The van der Waals surface area contributed by atoms with Crippen LogP contribution in [0.3, 0.4) is 0 Å². The van der Waals surface area contributed by atoms with Gasteiger partial charge in [0.15, 0.2) is 0 Å². The molecule has 2 heteroatoms. The third kappa shape index (κ3) is 3.36. The minimum Gasteiger partial charge on any atom is -0.346 e. The summed E-state index contributed by atoms with van der Waals surface area (Å²) >= 11 is 0. The van der Waals surface area contributed by atoms with Gasteiger partial charge in [-0.2, -0.15) is 0 Å². The van der Waals surface area contributed by atoms with Gasteiger partial charge in [-0.15, -0.1) is 0 Å². The Labute approximate surface area is 111 Å². The molecular weight excluding hydrogens is 220 g/mol. The number of benzene rings is 1. The Morgan fingerprint density at radius 1 is 1.17 bits per heavy atom. The summed E-state index contributed by atoms with van der Waals surface area (Å²) in [6.45, 7) is 9.43. The summed E-state index contributed by atoms with van der Waals surface area (Å²) in [5, 5.41) is 1.34. The summed E-state index contributed by atoms with van der Waals surface area (Å²) in [4.78, 5) is 2.25. The molecule has 0 fully saturated rings. The van der Waals surface area contributed by atoms with E-state index >= 15 is 0 Å². The van der Waals surface area contributed by atoms with Crippen molar-refractivity contribution in [2.75, 3.05) is 14.1 Å². The number of aromatic nitrogens is 1. The SMILES string of the molecule is CC.Cc1ccc2c(ccn2C[C@@H](C)N(C)C)c1. The number of fused-ring (bicyclic) bond motifs is 1. The van der Waals surface area contributed by atoms with Gasteiger partial charge in [0.25, 0.3) is 0 Å². The predicted molar refractivity (Wildman–Crippen MR) is 81.2 cm³/mol. The minimum atomic E-state index is 0.553. The van der Waals surface area contributed by atoms with Crippen molar-refractivity contribution >= 4 is 10.9 Å². The van der Waals surface area contributed by atoms with Gasteiger partial charge in [0.2, 0.25) is 0 Å². The third-order valence-electron chi connectivity index (χ3n) is 3.27. The Morgan fingerprint density at radius 2 is 1.83 bits per heavy atom. The van der Waals surface area contributed by atoms with Crippen LogP contribution in [0.4, 0.5) is 0 Å². The lowest BCUT2D eigenvalue weighted by Gasteiger charge is -2.20. The normalized spacial score (nSPS) is 12.4. The van der Waals surface area contributed by atoms with E-state index in [1.807, 2.05) is 13.8 Å². The van der Waals surface area contributed by atoms with Crippen LogP contribution in [0, 0.1) is 6.92 Å². The fourth-order valence-corrected chi connectivity index (χ4v) is 1.93. The smallest absolute Gasteiger partial charge is 0.0480 e. The van der Waals surface area contributed by atoms with Crippen LogP contribution in [0.15, 0.2) is 30.5 Å². The highest BCUT2D eigenvalue weighted by atomic mass is 15.1. The van der Waals surface area contributed by atoms with Crippen molar-refractivity contribution in [2.45, 2.75) is 40.3 Å². The molecule has 0 aliphatic carbocycles. The lowest BCUT2D eigenvalue weighted by molar-refractivity contribution is 0.286. The first kappa shape index (κ1) is 14.8. The second kappa shape index (κ2) is 6.60. The van der Waals surface area contributed by atoms with E-state index in [0.29, 0.717) is 6.04 Å². The molecule has 2 nitrogen and oxygen atoms in total. The second-order valence-corrected chi connectivity index (χ2v) is 4.84. The number of likely N-dealkylation sites (N-methyl/N-ethyl adjacent to an activating group) is 1. The largest absolute Gasteiger partial charge is 0.346 e. The first-order valence-electron chi connectivity index (χ1n) is 6.80. The third-order valence-corrected chi connectivity index (χ3v) is 3.27. The molecule has 2 aromatic rings. The molecule has 1 atom stereocenters. The molecule has 1 aromatic heterocycles. The van der Waals surface area contributed by atoms with Crippen LogP contribution in [0.2, 0.25) is 0 Å². The van der Waals surface area contributed by atoms with Gasteiger partial charge in [-0.3, -0.25) is 0 Å². The number of hydrogen-bond donors (Lipinski definition) is 0. The van der Waals surface area contributed by atoms with Crippen LogP contribution in [0.25, 0.3) is 10.9 Å². The van der Waals surface area contributed by atoms with Gasteiger partial charge in [-0.25, -0.2) is 0 Å². The zero-order valence-corrected chi connectivity index (χ0v) is 12.6. The van der Waals surface area contributed by atoms with Crippen LogP contribution in [0.1, 0.15) is 26.3 Å². The van der Waals surface area contributed by atoms with Crippen molar-refractivity contribution in [3.05, 3.63) is 36.0 Å². The van der Waals surface area contributed by atoms with Crippen molar-refractivity contribution in [1.82, 2.24) is 9.47 Å². The highest BCUT2D eigenvalue weighted by molar-refractivity contribution is 5.80. The fraction of sp³-hybridized carbons (Fsp3) is 0.500. The van der Waals surface area contributed by atoms with Gasteiger partial charge >= 0.3 is 0 Å². The van der Waals surface area contributed by atoms with E-state index in [4.69, 9.17) is 0 Å². The minimum absolute atomic E-state index is 0.553. The van der Waals surface area contributed by atoms with E-state index in [0.717, 1.165) is 6.54 Å². The van der Waals surface area contributed by atoms with Gasteiger partial charge in [-0.1, -0.05) is 25.5 Å². The van der Waals surface area contributed by atoms with Crippen LogP contribution >= 0.6 is 0 Å². The van der Waals surface area contributed by atoms with Crippen molar-refractivity contribution in [1.29, 1.82) is 0 Å². The van der Waals surface area contributed by atoms with E-state index < -0.39 is 0 Å². The number of rotatable bonds is 3. The van der Waals surface area contributed by atoms with Crippen molar-refractivity contribution in [3.8, 4) is 0 Å². The molecule has 18 heavy (non-hydrogen) atoms. The summed E-state index contributed by atoms with van der Waals surface area (Å²) in [5.74, 6) is 0. The van der Waals surface area contributed by atoms with Crippen molar-refractivity contribution in [2.24, 2.45) is 0 Å². The quantitative estimate of drug-likeness (QED) is 0.796. The molecule has 0 N–H and O–H groups in total. The van der Waals surface area contributed by atoms with Crippen LogP contribution in [-0.2, 0) is 6.54 Å². The summed E-state index contributed by atoms with van der Waals surface area (Å²) in [6.07, 6.45) is 2.18. The first-order valence-corrected chi connectivity index (χ1v) is 6.80. The molecule has 0 bridgehead atoms. The molecule has 0 unspecified atom stereocenters. The van der Waals surface area contributed by atoms with Crippen LogP contribution in [-0.4, -0.2) is 29.6 Å². The van der Waals surface area contributed by atoms with Crippen molar-refractivity contribution < 1.29 is 0 Å². The lowest BCUT2D eigenvalue weighted by atomic mass is 10.2. The fourth-order valence-electron chi connectivity index (χ4n) is 1.93. The molecule has 2 rings (SSSR count). The topological polar surface area (TPSA) is 8.17 Å². The number of aryl methyl sites for hydroxylation is 1. The van der Waals surface area contributed by atoms with Gasteiger partial charge < -0.3 is 9.47 Å². The van der Waals surface area contributed by atoms with Gasteiger partial charge in [-0.05, 0) is 51.5 Å². The molecule has 0 amide bonds. The monoisotopic (exact) mass is 246 g/mol. The lowest BCUT2D eigenvalue weighted by Crippen LogP contribution is -2.28. The molecule has 0 aliphatic rings. The van der Waals surface area contributed by atoms with E-state index in [9.17, 15) is 0 Å². The molecule has 1 heterocycles. The molecule has 0 spiro atoms.